The highest BCUT2D eigenvalue weighted by atomic mass is 16.2. The number of para-hydroxylation sites is 1. The van der Waals surface area contributed by atoms with E-state index in [-0.39, 0.29) is 11.8 Å². The first kappa shape index (κ1) is 25.2. The highest BCUT2D eigenvalue weighted by Gasteiger charge is 2.38. The molecule has 1 saturated carbocycles. The molecule has 0 radical (unpaired) electrons. The molecule has 3 aromatic rings. The minimum Gasteiger partial charge on any atom is -0.336 e. The number of benzene rings is 3. The SMILES string of the molecule is Cc1ccc([C@@H]2C[C@H]2NCCCCC2C(=O)N(Cc3ccccc3)CCN(c3ccccc3)C2=O)cc1. The molecule has 1 aliphatic heterocycles. The molecule has 5 rings (SSSR count). The van der Waals surface area contributed by atoms with Crippen molar-refractivity contribution in [3.05, 3.63) is 102 Å². The Hall–Kier alpha value is -3.44. The van der Waals surface area contributed by atoms with Gasteiger partial charge in [0.25, 0.3) is 0 Å². The summed E-state index contributed by atoms with van der Waals surface area (Å²) >= 11 is 0. The minimum absolute atomic E-state index is 0.0399. The van der Waals surface area contributed by atoms with Crippen LogP contribution in [0.25, 0.3) is 0 Å². The number of amides is 2. The van der Waals surface area contributed by atoms with E-state index in [1.807, 2.05) is 70.5 Å². The van der Waals surface area contributed by atoms with Crippen LogP contribution in [0.3, 0.4) is 0 Å². The van der Waals surface area contributed by atoms with Crippen molar-refractivity contribution in [2.75, 3.05) is 24.5 Å². The lowest BCUT2D eigenvalue weighted by molar-refractivity contribution is -0.140. The van der Waals surface area contributed by atoms with Crippen LogP contribution in [0.5, 0.6) is 0 Å². The van der Waals surface area contributed by atoms with Crippen LogP contribution in [-0.4, -0.2) is 42.4 Å². The summed E-state index contributed by atoms with van der Waals surface area (Å²) in [5.41, 5.74) is 4.67. The number of aryl methyl sites for hydroxylation is 1. The standard InChI is InChI=1S/C32H37N3O2/c1-24-15-17-26(18-16-24)29-22-30(29)33-19-9-8-14-28-31(36)34(23-25-10-4-2-5-11-25)20-21-35(32(28)37)27-12-6-3-7-13-27/h2-7,10-13,15-18,28-30,33H,8-9,14,19-23H2,1H3/t28?,29-,30+/m0/s1. The Kier molecular flexibility index (Phi) is 8.00. The third kappa shape index (κ3) is 6.28. The Morgan fingerprint density at radius 2 is 1.51 bits per heavy atom. The monoisotopic (exact) mass is 495 g/mol. The van der Waals surface area contributed by atoms with Crippen LogP contribution in [0, 0.1) is 12.8 Å². The molecule has 1 unspecified atom stereocenters. The normalized spacial score (nSPS) is 21.7. The topological polar surface area (TPSA) is 52.7 Å². The summed E-state index contributed by atoms with van der Waals surface area (Å²) < 4.78 is 0. The van der Waals surface area contributed by atoms with E-state index in [1.54, 1.807) is 0 Å². The van der Waals surface area contributed by atoms with E-state index >= 15 is 0 Å². The van der Waals surface area contributed by atoms with Gasteiger partial charge in [0.15, 0.2) is 0 Å². The predicted octanol–water partition coefficient (Wildman–Crippen LogP) is 5.30. The Morgan fingerprint density at radius 3 is 2.24 bits per heavy atom. The van der Waals surface area contributed by atoms with Crippen LogP contribution in [0.2, 0.25) is 0 Å². The number of hydrogen-bond donors (Lipinski definition) is 1. The molecule has 0 bridgehead atoms. The maximum atomic E-state index is 13.6. The fourth-order valence-electron chi connectivity index (χ4n) is 5.39. The van der Waals surface area contributed by atoms with Gasteiger partial charge in [0.05, 0.1) is 0 Å². The quantitative estimate of drug-likeness (QED) is 0.307. The first-order valence-corrected chi connectivity index (χ1v) is 13.6. The van der Waals surface area contributed by atoms with Gasteiger partial charge in [-0.05, 0) is 56.0 Å². The predicted molar refractivity (Wildman–Crippen MR) is 148 cm³/mol. The molecule has 0 aromatic heterocycles. The van der Waals surface area contributed by atoms with E-state index in [4.69, 9.17) is 0 Å². The molecule has 1 heterocycles. The van der Waals surface area contributed by atoms with E-state index in [2.05, 4.69) is 36.5 Å². The Labute approximate surface area is 220 Å². The highest BCUT2D eigenvalue weighted by molar-refractivity contribution is 6.08. The van der Waals surface area contributed by atoms with Crippen molar-refractivity contribution in [2.24, 2.45) is 5.92 Å². The van der Waals surface area contributed by atoms with Crippen molar-refractivity contribution in [2.45, 2.75) is 51.1 Å². The first-order valence-electron chi connectivity index (χ1n) is 13.6. The molecule has 1 N–H and O–H groups in total. The summed E-state index contributed by atoms with van der Waals surface area (Å²) in [6.07, 6.45) is 3.57. The second-order valence-corrected chi connectivity index (χ2v) is 10.4. The largest absolute Gasteiger partial charge is 0.336 e. The third-order valence-corrected chi connectivity index (χ3v) is 7.67. The Morgan fingerprint density at radius 1 is 0.811 bits per heavy atom. The van der Waals surface area contributed by atoms with Gasteiger partial charge in [-0.3, -0.25) is 9.59 Å². The van der Waals surface area contributed by atoms with Crippen LogP contribution in [0.4, 0.5) is 5.69 Å². The Balaban J connectivity index is 1.18. The summed E-state index contributed by atoms with van der Waals surface area (Å²) in [4.78, 5) is 30.9. The number of unbranched alkanes of at least 4 members (excludes halogenated alkanes) is 1. The molecule has 37 heavy (non-hydrogen) atoms. The number of rotatable bonds is 10. The molecule has 1 saturated heterocycles. The van der Waals surface area contributed by atoms with Crippen LogP contribution < -0.4 is 10.2 Å². The fourth-order valence-corrected chi connectivity index (χ4v) is 5.39. The number of carbonyl (C=O) groups excluding carboxylic acids is 2. The highest BCUT2D eigenvalue weighted by Crippen LogP contribution is 2.40. The Bertz CT molecular complexity index is 1180. The van der Waals surface area contributed by atoms with E-state index in [1.165, 1.54) is 17.5 Å². The van der Waals surface area contributed by atoms with Gasteiger partial charge in [-0.1, -0.05) is 84.8 Å². The summed E-state index contributed by atoms with van der Waals surface area (Å²) in [6, 6.07) is 29.2. The van der Waals surface area contributed by atoms with Crippen LogP contribution in [0.1, 0.15) is 48.3 Å². The van der Waals surface area contributed by atoms with Gasteiger partial charge in [0.1, 0.15) is 5.92 Å². The van der Waals surface area contributed by atoms with E-state index < -0.39 is 5.92 Å². The number of carbonyl (C=O) groups is 2. The number of nitrogens with one attached hydrogen (secondary N) is 1. The molecule has 1 aliphatic carbocycles. The van der Waals surface area contributed by atoms with Gasteiger partial charge in [0.2, 0.25) is 11.8 Å². The number of hydrogen-bond acceptors (Lipinski definition) is 3. The lowest BCUT2D eigenvalue weighted by Crippen LogP contribution is -2.39. The smallest absolute Gasteiger partial charge is 0.239 e. The van der Waals surface area contributed by atoms with Crippen molar-refractivity contribution in [3.63, 3.8) is 0 Å². The molecule has 3 atom stereocenters. The van der Waals surface area contributed by atoms with Gasteiger partial charge in [-0.2, -0.15) is 0 Å². The average Bonchev–Trinajstić information content (AvgIpc) is 3.71. The zero-order valence-corrected chi connectivity index (χ0v) is 21.7. The van der Waals surface area contributed by atoms with Gasteiger partial charge < -0.3 is 15.1 Å². The van der Waals surface area contributed by atoms with Crippen LogP contribution in [-0.2, 0) is 16.1 Å². The van der Waals surface area contributed by atoms with Crippen molar-refractivity contribution >= 4 is 17.5 Å². The van der Waals surface area contributed by atoms with Crippen LogP contribution >= 0.6 is 0 Å². The van der Waals surface area contributed by atoms with Gasteiger partial charge >= 0.3 is 0 Å². The van der Waals surface area contributed by atoms with Crippen molar-refractivity contribution in [1.29, 1.82) is 0 Å². The summed E-state index contributed by atoms with van der Waals surface area (Å²) in [6.45, 7) is 4.63. The second kappa shape index (κ2) is 11.7. The molecule has 0 spiro atoms. The van der Waals surface area contributed by atoms with Crippen molar-refractivity contribution in [3.8, 4) is 0 Å². The minimum atomic E-state index is -0.632. The van der Waals surface area contributed by atoms with E-state index in [0.29, 0.717) is 38.0 Å². The molecular weight excluding hydrogens is 458 g/mol. The average molecular weight is 496 g/mol. The maximum absolute atomic E-state index is 13.6. The van der Waals surface area contributed by atoms with E-state index in [0.717, 1.165) is 30.6 Å². The summed E-state index contributed by atoms with van der Waals surface area (Å²) in [5, 5.41) is 3.68. The van der Waals surface area contributed by atoms with Crippen LogP contribution in [0.15, 0.2) is 84.9 Å². The second-order valence-electron chi connectivity index (χ2n) is 10.4. The van der Waals surface area contributed by atoms with Crippen molar-refractivity contribution in [1.82, 2.24) is 10.2 Å². The molecule has 192 valence electrons. The summed E-state index contributed by atoms with van der Waals surface area (Å²) in [7, 11) is 0. The summed E-state index contributed by atoms with van der Waals surface area (Å²) in [5.74, 6) is -0.132. The first-order chi connectivity index (χ1) is 18.1. The van der Waals surface area contributed by atoms with Gasteiger partial charge in [-0.15, -0.1) is 0 Å². The number of anilines is 1. The lowest BCUT2D eigenvalue weighted by Gasteiger charge is -2.23. The van der Waals surface area contributed by atoms with E-state index in [9.17, 15) is 9.59 Å². The molecule has 2 aliphatic rings. The lowest BCUT2D eigenvalue weighted by atomic mass is 9.98. The van der Waals surface area contributed by atoms with Gasteiger partial charge in [-0.25, -0.2) is 0 Å². The maximum Gasteiger partial charge on any atom is 0.239 e. The molecule has 5 heteroatoms. The van der Waals surface area contributed by atoms with Crippen molar-refractivity contribution < 1.29 is 9.59 Å². The zero-order valence-electron chi connectivity index (χ0n) is 21.7. The fraction of sp³-hybridized carbons (Fsp3) is 0.375. The molecular formula is C32H37N3O2. The molecule has 5 nitrogen and oxygen atoms in total. The molecule has 2 amide bonds. The third-order valence-electron chi connectivity index (χ3n) is 7.67. The zero-order chi connectivity index (χ0) is 25.6. The van der Waals surface area contributed by atoms with Gasteiger partial charge in [0, 0.05) is 37.3 Å². The molecule has 3 aromatic carbocycles. The number of nitrogens with zero attached hydrogens (tertiary/aromatic N) is 2. The molecule has 2 fully saturated rings.